The number of benzene rings is 2. The monoisotopic (exact) mass is 241 g/mol. The van der Waals surface area contributed by atoms with E-state index in [0.717, 1.165) is 25.3 Å². The maximum atomic E-state index is 6.14. The molecule has 94 valence electrons. The lowest BCUT2D eigenvalue weighted by Crippen LogP contribution is -2.41. The van der Waals surface area contributed by atoms with E-state index < -0.39 is 0 Å². The lowest BCUT2D eigenvalue weighted by atomic mass is 9.98. The van der Waals surface area contributed by atoms with Gasteiger partial charge in [-0.2, -0.15) is 0 Å². The van der Waals surface area contributed by atoms with E-state index in [9.17, 15) is 0 Å². The van der Waals surface area contributed by atoms with E-state index in [2.05, 4.69) is 54.7 Å². The lowest BCUT2D eigenvalue weighted by Gasteiger charge is -2.30. The molecule has 2 aromatic carbocycles. The second kappa shape index (κ2) is 4.99. The molecule has 0 saturated carbocycles. The largest absolute Gasteiger partial charge is 0.490 e. The highest BCUT2D eigenvalue weighted by atomic mass is 16.5. The van der Waals surface area contributed by atoms with Crippen LogP contribution in [0.5, 0.6) is 5.75 Å². The molecule has 1 aliphatic rings. The number of ether oxygens (including phenoxy) is 1. The second-order valence-corrected chi connectivity index (χ2v) is 5.14. The van der Waals surface area contributed by atoms with Crippen molar-refractivity contribution < 1.29 is 4.74 Å². The van der Waals surface area contributed by atoms with Crippen molar-refractivity contribution in [2.75, 3.05) is 13.1 Å². The van der Waals surface area contributed by atoms with Gasteiger partial charge in [0.1, 0.15) is 11.9 Å². The standard InChI is InChI=1S/C16H19NO/c1-12-11-17-9-8-16(12)18-15-7-6-13-4-2-3-5-14(13)10-15/h2-7,10,12,16-17H,8-9,11H2,1H3. The Morgan fingerprint density at radius 2 is 1.94 bits per heavy atom. The van der Waals surface area contributed by atoms with Gasteiger partial charge in [0.2, 0.25) is 0 Å². The minimum Gasteiger partial charge on any atom is -0.490 e. The van der Waals surface area contributed by atoms with Crippen molar-refractivity contribution in [2.24, 2.45) is 5.92 Å². The number of piperidine rings is 1. The number of fused-ring (bicyclic) bond motifs is 1. The fraction of sp³-hybridized carbons (Fsp3) is 0.375. The van der Waals surface area contributed by atoms with E-state index in [1.165, 1.54) is 10.8 Å². The van der Waals surface area contributed by atoms with E-state index in [4.69, 9.17) is 4.74 Å². The van der Waals surface area contributed by atoms with Crippen molar-refractivity contribution in [2.45, 2.75) is 19.4 Å². The van der Waals surface area contributed by atoms with Gasteiger partial charge in [-0.1, -0.05) is 37.3 Å². The summed E-state index contributed by atoms with van der Waals surface area (Å²) in [6, 6.07) is 14.8. The van der Waals surface area contributed by atoms with Crippen molar-refractivity contribution in [1.82, 2.24) is 5.32 Å². The first-order chi connectivity index (χ1) is 8.83. The van der Waals surface area contributed by atoms with Gasteiger partial charge >= 0.3 is 0 Å². The molecule has 18 heavy (non-hydrogen) atoms. The molecule has 1 aliphatic heterocycles. The lowest BCUT2D eigenvalue weighted by molar-refractivity contribution is 0.112. The SMILES string of the molecule is CC1CNCCC1Oc1ccc2ccccc2c1. The maximum Gasteiger partial charge on any atom is 0.120 e. The molecule has 1 heterocycles. The molecule has 0 spiro atoms. The van der Waals surface area contributed by atoms with E-state index in [0.29, 0.717) is 12.0 Å². The van der Waals surface area contributed by atoms with Gasteiger partial charge in [-0.15, -0.1) is 0 Å². The predicted octanol–water partition coefficient (Wildman–Crippen LogP) is 3.22. The van der Waals surface area contributed by atoms with Crippen LogP contribution in [-0.4, -0.2) is 19.2 Å². The van der Waals surface area contributed by atoms with Gasteiger partial charge in [-0.05, 0) is 35.9 Å². The summed E-state index contributed by atoms with van der Waals surface area (Å²) in [5.74, 6) is 1.57. The van der Waals surface area contributed by atoms with Gasteiger partial charge < -0.3 is 10.1 Å². The molecule has 2 heteroatoms. The number of hydrogen-bond acceptors (Lipinski definition) is 2. The summed E-state index contributed by atoms with van der Waals surface area (Å²) < 4.78 is 6.14. The topological polar surface area (TPSA) is 21.3 Å². The number of rotatable bonds is 2. The molecule has 0 aliphatic carbocycles. The van der Waals surface area contributed by atoms with Crippen molar-refractivity contribution in [3.05, 3.63) is 42.5 Å². The van der Waals surface area contributed by atoms with E-state index in [1.807, 2.05) is 0 Å². The Labute approximate surface area is 108 Å². The molecule has 1 saturated heterocycles. The maximum absolute atomic E-state index is 6.14. The van der Waals surface area contributed by atoms with Crippen LogP contribution in [0.1, 0.15) is 13.3 Å². The van der Waals surface area contributed by atoms with Crippen molar-refractivity contribution in [3.63, 3.8) is 0 Å². The minimum absolute atomic E-state index is 0.340. The van der Waals surface area contributed by atoms with Gasteiger partial charge in [0.05, 0.1) is 0 Å². The third kappa shape index (κ3) is 2.34. The normalized spacial score (nSPS) is 24.1. The molecule has 0 radical (unpaired) electrons. The third-order valence-corrected chi connectivity index (χ3v) is 3.72. The second-order valence-electron chi connectivity index (χ2n) is 5.14. The predicted molar refractivity (Wildman–Crippen MR) is 75.0 cm³/mol. The summed E-state index contributed by atoms with van der Waals surface area (Å²) in [4.78, 5) is 0. The smallest absolute Gasteiger partial charge is 0.120 e. The van der Waals surface area contributed by atoms with Gasteiger partial charge in [0.25, 0.3) is 0 Å². The highest BCUT2D eigenvalue weighted by molar-refractivity contribution is 5.83. The molecule has 1 N–H and O–H groups in total. The van der Waals surface area contributed by atoms with Crippen LogP contribution in [0.15, 0.2) is 42.5 Å². The van der Waals surface area contributed by atoms with E-state index >= 15 is 0 Å². The van der Waals surface area contributed by atoms with Crippen molar-refractivity contribution >= 4 is 10.8 Å². The van der Waals surface area contributed by atoms with E-state index in [-0.39, 0.29) is 0 Å². The summed E-state index contributed by atoms with van der Waals surface area (Å²) in [6.07, 6.45) is 1.43. The van der Waals surface area contributed by atoms with Gasteiger partial charge in [-0.25, -0.2) is 0 Å². The Kier molecular flexibility index (Phi) is 3.20. The highest BCUT2D eigenvalue weighted by Gasteiger charge is 2.22. The Balaban J connectivity index is 1.81. The average molecular weight is 241 g/mol. The van der Waals surface area contributed by atoms with Crippen LogP contribution in [0.2, 0.25) is 0 Å². The summed E-state index contributed by atoms with van der Waals surface area (Å²) in [6.45, 7) is 4.36. The van der Waals surface area contributed by atoms with Crippen LogP contribution in [0, 0.1) is 5.92 Å². The Morgan fingerprint density at radius 1 is 1.11 bits per heavy atom. The quantitative estimate of drug-likeness (QED) is 0.871. The fourth-order valence-electron chi connectivity index (χ4n) is 2.58. The molecule has 3 rings (SSSR count). The fourth-order valence-corrected chi connectivity index (χ4v) is 2.58. The van der Waals surface area contributed by atoms with Crippen LogP contribution < -0.4 is 10.1 Å². The minimum atomic E-state index is 0.340. The molecule has 2 nitrogen and oxygen atoms in total. The summed E-state index contributed by atoms with van der Waals surface area (Å²) in [5.41, 5.74) is 0. The van der Waals surface area contributed by atoms with Crippen LogP contribution in [0.25, 0.3) is 10.8 Å². The Bertz CT molecular complexity index is 537. The average Bonchev–Trinajstić information content (AvgIpc) is 2.41. The Morgan fingerprint density at radius 3 is 2.78 bits per heavy atom. The zero-order chi connectivity index (χ0) is 12.4. The Hall–Kier alpha value is -1.54. The van der Waals surface area contributed by atoms with Gasteiger partial charge in [-0.3, -0.25) is 0 Å². The molecule has 0 amide bonds. The van der Waals surface area contributed by atoms with Crippen molar-refractivity contribution in [3.8, 4) is 5.75 Å². The summed E-state index contributed by atoms with van der Waals surface area (Å²) in [5, 5.41) is 5.91. The van der Waals surface area contributed by atoms with Gasteiger partial charge in [0.15, 0.2) is 0 Å². The first kappa shape index (κ1) is 11.5. The van der Waals surface area contributed by atoms with Gasteiger partial charge in [0, 0.05) is 12.5 Å². The van der Waals surface area contributed by atoms with Crippen molar-refractivity contribution in [1.29, 1.82) is 0 Å². The first-order valence-electron chi connectivity index (χ1n) is 6.69. The molecule has 1 fully saturated rings. The molecular weight excluding hydrogens is 222 g/mol. The molecular formula is C16H19NO. The number of hydrogen-bond donors (Lipinski definition) is 1. The molecule has 2 aromatic rings. The van der Waals surface area contributed by atoms with Crippen LogP contribution in [0.4, 0.5) is 0 Å². The van der Waals surface area contributed by atoms with E-state index in [1.54, 1.807) is 0 Å². The zero-order valence-corrected chi connectivity index (χ0v) is 10.7. The molecule has 2 unspecified atom stereocenters. The molecule has 0 bridgehead atoms. The summed E-state index contributed by atoms with van der Waals surface area (Å²) in [7, 11) is 0. The highest BCUT2D eigenvalue weighted by Crippen LogP contribution is 2.24. The number of nitrogens with one attached hydrogen (secondary N) is 1. The van der Waals surface area contributed by atoms with Crippen LogP contribution in [-0.2, 0) is 0 Å². The zero-order valence-electron chi connectivity index (χ0n) is 10.7. The summed E-state index contributed by atoms with van der Waals surface area (Å²) >= 11 is 0. The molecule has 0 aromatic heterocycles. The third-order valence-electron chi connectivity index (χ3n) is 3.72. The first-order valence-corrected chi connectivity index (χ1v) is 6.69. The van der Waals surface area contributed by atoms with Crippen LogP contribution >= 0.6 is 0 Å². The molecule has 2 atom stereocenters. The van der Waals surface area contributed by atoms with Crippen LogP contribution in [0.3, 0.4) is 0 Å².